The Morgan fingerprint density at radius 2 is 1.70 bits per heavy atom. The second kappa shape index (κ2) is 7.84. The van der Waals surface area contributed by atoms with E-state index < -0.39 is 5.60 Å². The maximum atomic E-state index is 12.6. The second-order valence-electron chi connectivity index (χ2n) is 7.63. The van der Waals surface area contributed by atoms with Crippen molar-refractivity contribution in [2.75, 3.05) is 39.4 Å². The Labute approximate surface area is 164 Å². The lowest BCUT2D eigenvalue weighted by Gasteiger charge is -2.35. The van der Waals surface area contributed by atoms with Gasteiger partial charge < -0.3 is 24.0 Å². The van der Waals surface area contributed by atoms with E-state index in [-0.39, 0.29) is 18.4 Å². The molecule has 1 aromatic rings. The van der Waals surface area contributed by atoms with Gasteiger partial charge in [0.2, 0.25) is 5.91 Å². The number of hydrogen-bond donors (Lipinski definition) is 0. The minimum Gasteiger partial charge on any atom is -0.486 e. The van der Waals surface area contributed by atoms with Crippen molar-refractivity contribution in [2.45, 2.75) is 32.8 Å². The van der Waals surface area contributed by atoms with Gasteiger partial charge in [-0.3, -0.25) is 4.79 Å². The number of halogens is 1. The van der Waals surface area contributed by atoms with Gasteiger partial charge in [0.05, 0.1) is 11.4 Å². The topological polar surface area (TPSA) is 68.3 Å². The summed E-state index contributed by atoms with van der Waals surface area (Å²) >= 11 is 6.24. The summed E-state index contributed by atoms with van der Waals surface area (Å²) in [6.07, 6.45) is -0.115. The number of fused-ring (bicyclic) bond motifs is 1. The SMILES string of the molecule is CC(C)(C)OC(=O)N1CCN(C(=O)Cc2cc(Cl)c3c(c2)OCCO3)CC1. The van der Waals surface area contributed by atoms with Crippen molar-refractivity contribution in [1.82, 2.24) is 9.80 Å². The first-order valence-electron chi connectivity index (χ1n) is 9.07. The molecule has 0 bridgehead atoms. The normalized spacial score (nSPS) is 16.9. The van der Waals surface area contributed by atoms with E-state index in [4.69, 9.17) is 25.8 Å². The van der Waals surface area contributed by atoms with Gasteiger partial charge >= 0.3 is 6.09 Å². The van der Waals surface area contributed by atoms with Crippen LogP contribution in [0.4, 0.5) is 4.79 Å². The third kappa shape index (κ3) is 4.97. The van der Waals surface area contributed by atoms with Crippen molar-refractivity contribution in [2.24, 2.45) is 0 Å². The van der Waals surface area contributed by atoms with Gasteiger partial charge in [0, 0.05) is 26.2 Å². The molecule has 27 heavy (non-hydrogen) atoms. The molecule has 2 amide bonds. The number of hydrogen-bond acceptors (Lipinski definition) is 5. The fraction of sp³-hybridized carbons (Fsp3) is 0.579. The highest BCUT2D eigenvalue weighted by molar-refractivity contribution is 6.32. The Balaban J connectivity index is 1.56. The zero-order chi connectivity index (χ0) is 19.6. The summed E-state index contributed by atoms with van der Waals surface area (Å²) in [5.74, 6) is 1.10. The number of nitrogens with zero attached hydrogens (tertiary/aromatic N) is 2. The Morgan fingerprint density at radius 3 is 2.37 bits per heavy atom. The maximum Gasteiger partial charge on any atom is 0.410 e. The minimum atomic E-state index is -0.526. The van der Waals surface area contributed by atoms with Crippen LogP contribution in [0.2, 0.25) is 5.02 Å². The summed E-state index contributed by atoms with van der Waals surface area (Å²) in [5, 5.41) is 0.449. The van der Waals surface area contributed by atoms with Crippen molar-refractivity contribution >= 4 is 23.6 Å². The first kappa shape index (κ1) is 19.6. The number of carbonyl (C=O) groups is 2. The number of benzene rings is 1. The molecule has 0 radical (unpaired) electrons. The number of ether oxygens (including phenoxy) is 3. The van der Waals surface area contributed by atoms with Crippen LogP contribution in [0.15, 0.2) is 12.1 Å². The first-order valence-corrected chi connectivity index (χ1v) is 9.44. The van der Waals surface area contributed by atoms with Gasteiger partial charge in [-0.15, -0.1) is 0 Å². The maximum absolute atomic E-state index is 12.6. The van der Waals surface area contributed by atoms with Gasteiger partial charge in [-0.2, -0.15) is 0 Å². The van der Waals surface area contributed by atoms with Gasteiger partial charge in [-0.05, 0) is 38.5 Å². The molecule has 1 fully saturated rings. The van der Waals surface area contributed by atoms with Gasteiger partial charge in [0.1, 0.15) is 18.8 Å². The Hall–Kier alpha value is -2.15. The first-order chi connectivity index (χ1) is 12.7. The van der Waals surface area contributed by atoms with Crippen LogP contribution >= 0.6 is 11.6 Å². The third-order valence-electron chi connectivity index (χ3n) is 4.30. The van der Waals surface area contributed by atoms with Crippen LogP contribution in [-0.4, -0.2) is 66.8 Å². The van der Waals surface area contributed by atoms with E-state index in [1.165, 1.54) is 0 Å². The predicted molar refractivity (Wildman–Crippen MR) is 101 cm³/mol. The molecule has 0 spiro atoms. The van der Waals surface area contributed by atoms with Crippen molar-refractivity contribution in [1.29, 1.82) is 0 Å². The average molecular weight is 397 g/mol. The molecule has 2 heterocycles. The summed E-state index contributed by atoms with van der Waals surface area (Å²) in [4.78, 5) is 28.1. The lowest BCUT2D eigenvalue weighted by Crippen LogP contribution is -2.52. The standard InChI is InChI=1S/C19H25ClN2O5/c1-19(2,3)27-18(24)22-6-4-21(5-7-22)16(23)12-13-10-14(20)17-15(11-13)25-8-9-26-17/h10-11H,4-9,12H2,1-3H3. The van der Waals surface area contributed by atoms with Crippen molar-refractivity contribution < 1.29 is 23.8 Å². The molecule has 1 aromatic carbocycles. The fourth-order valence-corrected chi connectivity index (χ4v) is 3.31. The molecule has 1 saturated heterocycles. The van der Waals surface area contributed by atoms with E-state index in [2.05, 4.69) is 0 Å². The summed E-state index contributed by atoms with van der Waals surface area (Å²) in [6, 6.07) is 3.54. The van der Waals surface area contributed by atoms with E-state index >= 15 is 0 Å². The Bertz CT molecular complexity index is 724. The van der Waals surface area contributed by atoms with Crippen molar-refractivity contribution in [3.8, 4) is 11.5 Å². The minimum absolute atomic E-state index is 0.00779. The van der Waals surface area contributed by atoms with Crippen LogP contribution in [0.3, 0.4) is 0 Å². The van der Waals surface area contributed by atoms with Crippen molar-refractivity contribution in [3.63, 3.8) is 0 Å². The molecule has 0 atom stereocenters. The van der Waals surface area contributed by atoms with Gasteiger partial charge in [0.15, 0.2) is 11.5 Å². The summed E-state index contributed by atoms with van der Waals surface area (Å²) < 4.78 is 16.4. The van der Waals surface area contributed by atoms with Crippen molar-refractivity contribution in [3.05, 3.63) is 22.7 Å². The van der Waals surface area contributed by atoms with Gasteiger partial charge in [-0.25, -0.2) is 4.79 Å². The largest absolute Gasteiger partial charge is 0.486 e. The molecule has 0 N–H and O–H groups in total. The smallest absolute Gasteiger partial charge is 0.410 e. The second-order valence-corrected chi connectivity index (χ2v) is 8.03. The third-order valence-corrected chi connectivity index (χ3v) is 4.58. The monoisotopic (exact) mass is 396 g/mol. The van der Waals surface area contributed by atoms with Crippen LogP contribution in [0.25, 0.3) is 0 Å². The van der Waals surface area contributed by atoms with E-state index in [0.717, 1.165) is 5.56 Å². The molecule has 8 heteroatoms. The molecule has 0 aliphatic carbocycles. The molecule has 2 aliphatic heterocycles. The van der Waals surface area contributed by atoms with Gasteiger partial charge in [-0.1, -0.05) is 11.6 Å². The quantitative estimate of drug-likeness (QED) is 0.768. The van der Waals surface area contributed by atoms with Crippen LogP contribution in [0, 0.1) is 0 Å². The highest BCUT2D eigenvalue weighted by Gasteiger charge is 2.28. The molecule has 0 saturated carbocycles. The average Bonchev–Trinajstić information content (AvgIpc) is 2.60. The molecular weight excluding hydrogens is 372 g/mol. The van der Waals surface area contributed by atoms with E-state index in [0.29, 0.717) is 55.9 Å². The molecule has 0 unspecified atom stereocenters. The number of rotatable bonds is 2. The van der Waals surface area contributed by atoms with Crippen LogP contribution in [-0.2, 0) is 16.0 Å². The lowest BCUT2D eigenvalue weighted by atomic mass is 10.1. The predicted octanol–water partition coefficient (Wildman–Crippen LogP) is 2.73. The molecule has 148 valence electrons. The Morgan fingerprint density at radius 1 is 1.07 bits per heavy atom. The summed E-state index contributed by atoms with van der Waals surface area (Å²) in [5.41, 5.74) is 0.255. The lowest BCUT2D eigenvalue weighted by molar-refractivity contribution is -0.132. The number of amides is 2. The van der Waals surface area contributed by atoms with Crippen LogP contribution < -0.4 is 9.47 Å². The van der Waals surface area contributed by atoms with Crippen LogP contribution in [0.1, 0.15) is 26.3 Å². The zero-order valence-electron chi connectivity index (χ0n) is 15.9. The number of piperazine rings is 1. The van der Waals surface area contributed by atoms with Gasteiger partial charge in [0.25, 0.3) is 0 Å². The zero-order valence-corrected chi connectivity index (χ0v) is 16.7. The highest BCUT2D eigenvalue weighted by Crippen LogP contribution is 2.38. The van der Waals surface area contributed by atoms with E-state index in [1.807, 2.05) is 20.8 Å². The van der Waals surface area contributed by atoms with Crippen LogP contribution in [0.5, 0.6) is 11.5 Å². The molecule has 0 aromatic heterocycles. The molecule has 7 nitrogen and oxygen atoms in total. The summed E-state index contributed by atoms with van der Waals surface area (Å²) in [7, 11) is 0. The fourth-order valence-electron chi connectivity index (χ4n) is 3.02. The Kier molecular flexibility index (Phi) is 5.69. The van der Waals surface area contributed by atoms with E-state index in [1.54, 1.807) is 21.9 Å². The number of carbonyl (C=O) groups excluding carboxylic acids is 2. The van der Waals surface area contributed by atoms with E-state index in [9.17, 15) is 9.59 Å². The molecular formula is C19H25ClN2O5. The highest BCUT2D eigenvalue weighted by atomic mass is 35.5. The molecule has 3 rings (SSSR count). The summed E-state index contributed by atoms with van der Waals surface area (Å²) in [6.45, 7) is 8.33. The molecule has 2 aliphatic rings.